The summed E-state index contributed by atoms with van der Waals surface area (Å²) >= 11 is 0. The van der Waals surface area contributed by atoms with Crippen LogP contribution in [0.1, 0.15) is 11.3 Å². The summed E-state index contributed by atoms with van der Waals surface area (Å²) in [5.74, 6) is 0. The largest absolute Gasteiger partial charge is 0.214 e. The minimum Gasteiger partial charge on any atom is -0.164 e. The molecule has 72 valence electrons. The van der Waals surface area contributed by atoms with Gasteiger partial charge in [0.2, 0.25) is 5.70 Å². The minimum absolute atomic E-state index is 1.03. The van der Waals surface area contributed by atoms with Crippen LogP contribution in [0.2, 0.25) is 0 Å². The number of hydrogen-bond donors (Lipinski definition) is 0. The van der Waals surface area contributed by atoms with E-state index in [1.165, 1.54) is 17.0 Å². The Labute approximate surface area is 89.3 Å². The summed E-state index contributed by atoms with van der Waals surface area (Å²) in [5.41, 5.74) is 3.94. The second-order valence-electron chi connectivity index (χ2n) is 3.72. The van der Waals surface area contributed by atoms with Gasteiger partial charge in [-0.1, -0.05) is 24.3 Å². The molecule has 0 fully saturated rings. The third-order valence-electron chi connectivity index (χ3n) is 2.78. The molecule has 1 nitrogen and oxygen atoms in total. The van der Waals surface area contributed by atoms with Crippen LogP contribution in [0.5, 0.6) is 0 Å². The topological polar surface area (TPSA) is 3.88 Å². The van der Waals surface area contributed by atoms with Gasteiger partial charge in [-0.05, 0) is 18.2 Å². The van der Waals surface area contributed by atoms with Crippen molar-refractivity contribution in [2.45, 2.75) is 6.42 Å². The van der Waals surface area contributed by atoms with Crippen molar-refractivity contribution in [1.82, 2.24) is 0 Å². The van der Waals surface area contributed by atoms with Gasteiger partial charge in [-0.2, -0.15) is 4.57 Å². The maximum absolute atomic E-state index is 2.28. The van der Waals surface area contributed by atoms with Crippen molar-refractivity contribution in [1.29, 1.82) is 0 Å². The standard InChI is InChI=1S/C14H12N/c1-2-6-12(7-3-1)14-10-9-13-8-4-5-11-15(13)14/h1-8,10-11H,9H2/q+1. The zero-order valence-electron chi connectivity index (χ0n) is 8.43. The monoisotopic (exact) mass is 194 g/mol. The van der Waals surface area contributed by atoms with Crippen LogP contribution in [0.4, 0.5) is 0 Å². The maximum atomic E-state index is 2.28. The van der Waals surface area contributed by atoms with Gasteiger partial charge >= 0.3 is 0 Å². The molecule has 1 aliphatic rings. The molecule has 1 aromatic carbocycles. The van der Waals surface area contributed by atoms with E-state index in [0.717, 1.165) is 6.42 Å². The lowest BCUT2D eigenvalue weighted by Crippen LogP contribution is -2.32. The predicted octanol–water partition coefficient (Wildman–Crippen LogP) is 2.42. The van der Waals surface area contributed by atoms with Crippen LogP contribution in [0, 0.1) is 0 Å². The summed E-state index contributed by atoms with van der Waals surface area (Å²) < 4.78 is 2.26. The smallest absolute Gasteiger partial charge is 0.164 e. The Morgan fingerprint density at radius 2 is 1.67 bits per heavy atom. The zero-order chi connectivity index (χ0) is 10.1. The van der Waals surface area contributed by atoms with Crippen molar-refractivity contribution in [3.8, 4) is 0 Å². The summed E-state index contributed by atoms with van der Waals surface area (Å²) in [6, 6.07) is 16.9. The van der Waals surface area contributed by atoms with Crippen LogP contribution < -0.4 is 4.57 Å². The summed E-state index contributed by atoms with van der Waals surface area (Å²) in [6.45, 7) is 0. The molecular weight excluding hydrogens is 182 g/mol. The molecule has 2 aromatic rings. The quantitative estimate of drug-likeness (QED) is 0.614. The Hall–Kier alpha value is -1.89. The fraction of sp³-hybridized carbons (Fsp3) is 0.0714. The van der Waals surface area contributed by atoms with Crippen molar-refractivity contribution in [3.63, 3.8) is 0 Å². The van der Waals surface area contributed by atoms with Crippen LogP contribution in [-0.4, -0.2) is 0 Å². The SMILES string of the molecule is C1=C(c2ccccc2)[n+]2ccccc2C1. The van der Waals surface area contributed by atoms with E-state index in [2.05, 4.69) is 65.4 Å². The third kappa shape index (κ3) is 1.37. The summed E-state index contributed by atoms with van der Waals surface area (Å²) in [7, 11) is 0. The Morgan fingerprint density at radius 1 is 0.867 bits per heavy atom. The van der Waals surface area contributed by atoms with Gasteiger partial charge in [-0.3, -0.25) is 0 Å². The van der Waals surface area contributed by atoms with E-state index in [9.17, 15) is 0 Å². The van der Waals surface area contributed by atoms with Gasteiger partial charge in [0.15, 0.2) is 11.9 Å². The number of fused-ring (bicyclic) bond motifs is 1. The van der Waals surface area contributed by atoms with Crippen LogP contribution in [0.25, 0.3) is 5.70 Å². The van der Waals surface area contributed by atoms with Crippen LogP contribution >= 0.6 is 0 Å². The van der Waals surface area contributed by atoms with Crippen LogP contribution in [0.3, 0.4) is 0 Å². The van der Waals surface area contributed by atoms with Crippen molar-refractivity contribution in [2.75, 3.05) is 0 Å². The first-order valence-corrected chi connectivity index (χ1v) is 5.21. The van der Waals surface area contributed by atoms with Gasteiger partial charge in [0.25, 0.3) is 0 Å². The zero-order valence-corrected chi connectivity index (χ0v) is 8.43. The first-order chi connectivity index (χ1) is 7.45. The lowest BCUT2D eigenvalue weighted by molar-refractivity contribution is -0.582. The molecule has 0 N–H and O–H groups in total. The van der Waals surface area contributed by atoms with Crippen molar-refractivity contribution in [3.05, 3.63) is 72.1 Å². The summed E-state index contributed by atoms with van der Waals surface area (Å²) in [6.07, 6.45) is 5.44. The molecule has 15 heavy (non-hydrogen) atoms. The number of hydrogen-bond acceptors (Lipinski definition) is 0. The Kier molecular flexibility index (Phi) is 1.88. The third-order valence-corrected chi connectivity index (χ3v) is 2.78. The van der Waals surface area contributed by atoms with Gasteiger partial charge < -0.3 is 0 Å². The Morgan fingerprint density at radius 3 is 2.53 bits per heavy atom. The number of benzene rings is 1. The molecule has 0 bridgehead atoms. The molecule has 0 saturated carbocycles. The average molecular weight is 194 g/mol. The molecule has 2 heterocycles. The van der Waals surface area contributed by atoms with E-state index >= 15 is 0 Å². The minimum atomic E-state index is 1.03. The first-order valence-electron chi connectivity index (χ1n) is 5.21. The van der Waals surface area contributed by atoms with Crippen LogP contribution in [-0.2, 0) is 6.42 Å². The molecule has 0 atom stereocenters. The molecule has 0 aliphatic carbocycles. The molecular formula is C14H12N+. The van der Waals surface area contributed by atoms with E-state index in [1.807, 2.05) is 0 Å². The highest BCUT2D eigenvalue weighted by atomic mass is 15.0. The fourth-order valence-electron chi connectivity index (χ4n) is 2.05. The fourth-order valence-corrected chi connectivity index (χ4v) is 2.05. The first kappa shape index (κ1) is 8.42. The van der Waals surface area contributed by atoms with Gasteiger partial charge in [-0.15, -0.1) is 0 Å². The molecule has 0 radical (unpaired) electrons. The van der Waals surface area contributed by atoms with E-state index in [0.29, 0.717) is 0 Å². The molecule has 0 amide bonds. The van der Waals surface area contributed by atoms with Crippen molar-refractivity contribution in [2.24, 2.45) is 0 Å². The number of rotatable bonds is 1. The Bertz CT molecular complexity index is 512. The second-order valence-corrected chi connectivity index (χ2v) is 3.72. The normalized spacial score (nSPS) is 13.5. The van der Waals surface area contributed by atoms with Crippen LogP contribution in [0.15, 0.2) is 60.8 Å². The van der Waals surface area contributed by atoms with Crippen molar-refractivity contribution >= 4 is 5.70 Å². The molecule has 3 rings (SSSR count). The van der Waals surface area contributed by atoms with E-state index in [4.69, 9.17) is 0 Å². The predicted molar refractivity (Wildman–Crippen MR) is 60.2 cm³/mol. The maximum Gasteiger partial charge on any atom is 0.214 e. The van der Waals surface area contributed by atoms with E-state index in [-0.39, 0.29) is 0 Å². The van der Waals surface area contributed by atoms with Gasteiger partial charge in [0, 0.05) is 17.7 Å². The highest BCUT2D eigenvalue weighted by Gasteiger charge is 2.22. The van der Waals surface area contributed by atoms with Gasteiger partial charge in [0.05, 0.1) is 6.42 Å². The number of allylic oxidation sites excluding steroid dienone is 1. The molecule has 1 aromatic heterocycles. The van der Waals surface area contributed by atoms with E-state index in [1.54, 1.807) is 0 Å². The molecule has 0 saturated heterocycles. The molecule has 1 aliphatic heterocycles. The molecule has 0 unspecified atom stereocenters. The van der Waals surface area contributed by atoms with Gasteiger partial charge in [0.1, 0.15) is 0 Å². The highest BCUT2D eigenvalue weighted by molar-refractivity contribution is 5.59. The number of pyridine rings is 1. The lowest BCUT2D eigenvalue weighted by atomic mass is 10.1. The molecule has 0 spiro atoms. The lowest BCUT2D eigenvalue weighted by Gasteiger charge is -1.98. The summed E-state index contributed by atoms with van der Waals surface area (Å²) in [4.78, 5) is 0. The number of aromatic nitrogens is 1. The van der Waals surface area contributed by atoms with Gasteiger partial charge in [-0.25, -0.2) is 0 Å². The second kappa shape index (κ2) is 3.35. The molecule has 1 heteroatoms. The van der Waals surface area contributed by atoms with E-state index < -0.39 is 0 Å². The number of nitrogens with zero attached hydrogens (tertiary/aromatic N) is 1. The highest BCUT2D eigenvalue weighted by Crippen LogP contribution is 2.17. The Balaban J connectivity index is 2.11. The summed E-state index contributed by atoms with van der Waals surface area (Å²) in [5, 5.41) is 0. The van der Waals surface area contributed by atoms with Crippen molar-refractivity contribution < 1.29 is 4.57 Å². The average Bonchev–Trinajstić information content (AvgIpc) is 2.74.